The number of benzene rings is 1. The number of hydrogen-bond acceptors (Lipinski definition) is 3. The first-order valence-corrected chi connectivity index (χ1v) is 5.35. The molecular formula is C12H20N2O. The Morgan fingerprint density at radius 2 is 1.93 bits per heavy atom. The topological polar surface area (TPSA) is 49.5 Å². The zero-order valence-electron chi connectivity index (χ0n) is 9.48. The monoisotopic (exact) mass is 208 g/mol. The zero-order valence-corrected chi connectivity index (χ0v) is 9.48. The van der Waals surface area contributed by atoms with Crippen LogP contribution in [0.5, 0.6) is 0 Å². The minimum atomic E-state index is -0.429. The van der Waals surface area contributed by atoms with Crippen LogP contribution < -0.4 is 5.73 Å². The van der Waals surface area contributed by atoms with Crippen molar-refractivity contribution >= 4 is 5.69 Å². The van der Waals surface area contributed by atoms with Gasteiger partial charge in [0.25, 0.3) is 0 Å². The Balaban J connectivity index is 2.53. The van der Waals surface area contributed by atoms with Crippen molar-refractivity contribution in [3.05, 3.63) is 29.8 Å². The quantitative estimate of drug-likeness (QED) is 0.723. The predicted octanol–water partition coefficient (Wildman–Crippen LogP) is 1.64. The average Bonchev–Trinajstić information content (AvgIpc) is 2.18. The van der Waals surface area contributed by atoms with Crippen LogP contribution in [0.25, 0.3) is 0 Å². The second-order valence-electron chi connectivity index (χ2n) is 3.94. The molecule has 0 spiro atoms. The van der Waals surface area contributed by atoms with Gasteiger partial charge in [-0.2, -0.15) is 0 Å². The molecule has 0 saturated carbocycles. The largest absolute Gasteiger partial charge is 0.399 e. The Bertz CT molecular complexity index is 284. The summed E-state index contributed by atoms with van der Waals surface area (Å²) in [7, 11) is 2.02. The van der Waals surface area contributed by atoms with Crippen molar-refractivity contribution in [1.82, 2.24) is 4.90 Å². The molecule has 0 amide bonds. The number of aliphatic hydroxyl groups excluding tert-OH is 1. The van der Waals surface area contributed by atoms with Gasteiger partial charge in [0.15, 0.2) is 0 Å². The molecule has 0 heterocycles. The SMILES string of the molecule is CCCN(C)CC(O)c1ccc(N)cc1. The lowest BCUT2D eigenvalue weighted by atomic mass is 10.1. The van der Waals surface area contributed by atoms with Gasteiger partial charge in [0, 0.05) is 12.2 Å². The molecular weight excluding hydrogens is 188 g/mol. The summed E-state index contributed by atoms with van der Waals surface area (Å²) in [6.07, 6.45) is 0.674. The maximum Gasteiger partial charge on any atom is 0.0916 e. The maximum absolute atomic E-state index is 9.93. The average molecular weight is 208 g/mol. The van der Waals surface area contributed by atoms with Gasteiger partial charge in [-0.05, 0) is 37.7 Å². The molecule has 1 atom stereocenters. The Kier molecular flexibility index (Phi) is 4.59. The van der Waals surface area contributed by atoms with Gasteiger partial charge in [0.2, 0.25) is 0 Å². The fraction of sp³-hybridized carbons (Fsp3) is 0.500. The highest BCUT2D eigenvalue weighted by molar-refractivity contribution is 5.39. The van der Waals surface area contributed by atoms with Crippen LogP contribution in [0.3, 0.4) is 0 Å². The third kappa shape index (κ3) is 3.90. The number of hydrogen-bond donors (Lipinski definition) is 2. The number of nitrogens with two attached hydrogens (primary N) is 1. The summed E-state index contributed by atoms with van der Waals surface area (Å²) in [5.41, 5.74) is 7.24. The molecule has 0 aliphatic heterocycles. The molecule has 1 rings (SSSR count). The van der Waals surface area contributed by atoms with E-state index in [1.165, 1.54) is 0 Å². The van der Waals surface area contributed by atoms with Gasteiger partial charge in [0.05, 0.1) is 6.10 Å². The molecule has 0 aromatic heterocycles. The van der Waals surface area contributed by atoms with Crippen LogP contribution in [0.2, 0.25) is 0 Å². The molecule has 15 heavy (non-hydrogen) atoms. The molecule has 0 bridgehead atoms. The standard InChI is InChI=1S/C12H20N2O/c1-3-8-14(2)9-12(15)10-4-6-11(13)7-5-10/h4-7,12,15H,3,8-9,13H2,1-2H3. The molecule has 1 unspecified atom stereocenters. The van der Waals surface area contributed by atoms with Gasteiger partial charge >= 0.3 is 0 Å². The molecule has 0 aliphatic rings. The number of nitrogens with zero attached hydrogens (tertiary/aromatic N) is 1. The number of aliphatic hydroxyl groups is 1. The Morgan fingerprint density at radius 3 is 2.47 bits per heavy atom. The molecule has 3 N–H and O–H groups in total. The van der Waals surface area contributed by atoms with E-state index in [9.17, 15) is 5.11 Å². The van der Waals surface area contributed by atoms with Crippen LogP contribution in [0.1, 0.15) is 25.0 Å². The first kappa shape index (κ1) is 12.0. The van der Waals surface area contributed by atoms with E-state index in [0.717, 1.165) is 24.2 Å². The summed E-state index contributed by atoms with van der Waals surface area (Å²) in [5.74, 6) is 0. The van der Waals surface area contributed by atoms with Crippen LogP contribution in [0.15, 0.2) is 24.3 Å². The third-order valence-corrected chi connectivity index (χ3v) is 2.41. The first-order valence-electron chi connectivity index (χ1n) is 5.35. The van der Waals surface area contributed by atoms with Gasteiger partial charge < -0.3 is 15.7 Å². The second-order valence-corrected chi connectivity index (χ2v) is 3.94. The van der Waals surface area contributed by atoms with E-state index < -0.39 is 6.10 Å². The molecule has 0 radical (unpaired) electrons. The molecule has 0 aliphatic carbocycles. The zero-order chi connectivity index (χ0) is 11.3. The van der Waals surface area contributed by atoms with E-state index in [1.807, 2.05) is 31.3 Å². The smallest absolute Gasteiger partial charge is 0.0916 e. The highest BCUT2D eigenvalue weighted by Gasteiger charge is 2.09. The molecule has 1 aromatic rings. The van der Waals surface area contributed by atoms with Crippen molar-refractivity contribution in [2.45, 2.75) is 19.4 Å². The van der Waals surface area contributed by atoms with Crippen LogP contribution >= 0.6 is 0 Å². The van der Waals surface area contributed by atoms with Crippen LogP contribution in [-0.2, 0) is 0 Å². The molecule has 0 saturated heterocycles. The molecule has 3 nitrogen and oxygen atoms in total. The van der Waals surface area contributed by atoms with E-state index in [0.29, 0.717) is 6.54 Å². The molecule has 1 aromatic carbocycles. The normalized spacial score (nSPS) is 13.1. The lowest BCUT2D eigenvalue weighted by molar-refractivity contribution is 0.127. The summed E-state index contributed by atoms with van der Waals surface area (Å²) in [5, 5.41) is 9.93. The van der Waals surface area contributed by atoms with Crippen molar-refractivity contribution in [3.63, 3.8) is 0 Å². The first-order chi connectivity index (χ1) is 7.13. The summed E-state index contributed by atoms with van der Waals surface area (Å²) >= 11 is 0. The third-order valence-electron chi connectivity index (χ3n) is 2.41. The highest BCUT2D eigenvalue weighted by atomic mass is 16.3. The van der Waals surface area contributed by atoms with Crippen molar-refractivity contribution in [2.75, 3.05) is 25.9 Å². The number of nitrogen functional groups attached to an aromatic ring is 1. The highest BCUT2D eigenvalue weighted by Crippen LogP contribution is 2.15. The maximum atomic E-state index is 9.93. The number of rotatable bonds is 5. The van der Waals surface area contributed by atoms with Crippen molar-refractivity contribution < 1.29 is 5.11 Å². The van der Waals surface area contributed by atoms with Crippen LogP contribution in [0.4, 0.5) is 5.69 Å². The summed E-state index contributed by atoms with van der Waals surface area (Å²) in [4.78, 5) is 2.13. The van der Waals surface area contributed by atoms with Crippen LogP contribution in [0, 0.1) is 0 Å². The second kappa shape index (κ2) is 5.73. The van der Waals surface area contributed by atoms with E-state index >= 15 is 0 Å². The van der Waals surface area contributed by atoms with Gasteiger partial charge in [-0.15, -0.1) is 0 Å². The summed E-state index contributed by atoms with van der Waals surface area (Å²) in [6, 6.07) is 7.39. The lowest BCUT2D eigenvalue weighted by Gasteiger charge is -2.20. The Morgan fingerprint density at radius 1 is 1.33 bits per heavy atom. The van der Waals surface area contributed by atoms with Crippen LogP contribution in [-0.4, -0.2) is 30.1 Å². The van der Waals surface area contributed by atoms with Gasteiger partial charge in [-0.25, -0.2) is 0 Å². The number of likely N-dealkylation sites (N-methyl/N-ethyl adjacent to an activating group) is 1. The van der Waals surface area contributed by atoms with E-state index in [2.05, 4.69) is 11.8 Å². The van der Waals surface area contributed by atoms with Crippen molar-refractivity contribution in [2.24, 2.45) is 0 Å². The predicted molar refractivity (Wildman–Crippen MR) is 63.6 cm³/mol. The Labute approximate surface area is 91.5 Å². The minimum Gasteiger partial charge on any atom is -0.399 e. The van der Waals surface area contributed by atoms with Gasteiger partial charge in [-0.3, -0.25) is 0 Å². The van der Waals surface area contributed by atoms with Crippen molar-refractivity contribution in [1.29, 1.82) is 0 Å². The molecule has 0 fully saturated rings. The van der Waals surface area contributed by atoms with E-state index in [1.54, 1.807) is 0 Å². The van der Waals surface area contributed by atoms with Crippen molar-refractivity contribution in [3.8, 4) is 0 Å². The van der Waals surface area contributed by atoms with E-state index in [4.69, 9.17) is 5.73 Å². The lowest BCUT2D eigenvalue weighted by Crippen LogP contribution is -2.25. The fourth-order valence-corrected chi connectivity index (χ4v) is 1.59. The van der Waals surface area contributed by atoms with Gasteiger partial charge in [-0.1, -0.05) is 19.1 Å². The van der Waals surface area contributed by atoms with E-state index in [-0.39, 0.29) is 0 Å². The van der Waals surface area contributed by atoms with Gasteiger partial charge in [0.1, 0.15) is 0 Å². The minimum absolute atomic E-state index is 0.429. The number of anilines is 1. The molecule has 84 valence electrons. The fourth-order valence-electron chi connectivity index (χ4n) is 1.59. The summed E-state index contributed by atoms with van der Waals surface area (Å²) in [6.45, 7) is 3.80. The molecule has 3 heteroatoms. The summed E-state index contributed by atoms with van der Waals surface area (Å²) < 4.78 is 0. The Hall–Kier alpha value is -1.06.